The molecule has 0 atom stereocenters. The van der Waals surface area contributed by atoms with Crippen molar-refractivity contribution in [3.05, 3.63) is 59.7 Å². The minimum absolute atomic E-state index is 0.0810. The van der Waals surface area contributed by atoms with Gasteiger partial charge in [0.15, 0.2) is 0 Å². The number of nitrogens with two attached hydrogens (primary N) is 1. The van der Waals surface area contributed by atoms with Gasteiger partial charge in [0.05, 0.1) is 11.4 Å². The average Bonchev–Trinajstić information content (AvgIpc) is 2.59. The van der Waals surface area contributed by atoms with Gasteiger partial charge in [-0.2, -0.15) is 0 Å². The lowest BCUT2D eigenvalue weighted by Gasteiger charge is -2.19. The standard InChI is InChI=1S/C19H23N3O4S/c1-19(2,3)14-7-9-16(10-8-14)27(25,26)22-15-6-4-5-13(11-15)18(24)21-12-17(20)23/h4-11,22H,12H2,1-3H3,(H2,20,23)(H,21,24). The fourth-order valence-electron chi connectivity index (χ4n) is 2.34. The number of amides is 2. The van der Waals surface area contributed by atoms with E-state index < -0.39 is 21.8 Å². The van der Waals surface area contributed by atoms with E-state index in [2.05, 4.69) is 10.0 Å². The molecule has 0 heterocycles. The number of benzene rings is 2. The van der Waals surface area contributed by atoms with Crippen LogP contribution in [-0.4, -0.2) is 26.8 Å². The molecule has 0 bridgehead atoms. The molecular formula is C19H23N3O4S. The molecule has 0 fully saturated rings. The molecule has 2 rings (SSSR count). The molecule has 8 heteroatoms. The molecule has 0 saturated heterocycles. The molecule has 0 aliphatic heterocycles. The summed E-state index contributed by atoms with van der Waals surface area (Å²) in [5.41, 5.74) is 6.38. The van der Waals surface area contributed by atoms with Gasteiger partial charge >= 0.3 is 0 Å². The van der Waals surface area contributed by atoms with Crippen molar-refractivity contribution in [3.63, 3.8) is 0 Å². The predicted molar refractivity (Wildman–Crippen MR) is 104 cm³/mol. The summed E-state index contributed by atoms with van der Waals surface area (Å²) in [6, 6.07) is 12.6. The van der Waals surface area contributed by atoms with Crippen LogP contribution in [0.15, 0.2) is 53.4 Å². The van der Waals surface area contributed by atoms with Crippen LogP contribution in [0, 0.1) is 0 Å². The number of carbonyl (C=O) groups is 2. The van der Waals surface area contributed by atoms with Gasteiger partial charge in [-0.15, -0.1) is 0 Å². The second kappa shape index (κ2) is 7.79. The van der Waals surface area contributed by atoms with Gasteiger partial charge in [0.1, 0.15) is 0 Å². The van der Waals surface area contributed by atoms with E-state index in [-0.39, 0.29) is 28.1 Å². The van der Waals surface area contributed by atoms with Crippen LogP contribution in [0.4, 0.5) is 5.69 Å². The van der Waals surface area contributed by atoms with Gasteiger partial charge in [-0.05, 0) is 41.3 Å². The number of nitrogens with one attached hydrogen (secondary N) is 2. The Hall–Kier alpha value is -2.87. The van der Waals surface area contributed by atoms with Crippen LogP contribution in [0.25, 0.3) is 0 Å². The fraction of sp³-hybridized carbons (Fsp3) is 0.263. The maximum absolute atomic E-state index is 12.6. The summed E-state index contributed by atoms with van der Waals surface area (Å²) < 4.78 is 27.6. The van der Waals surface area contributed by atoms with Crippen LogP contribution in [0.5, 0.6) is 0 Å². The van der Waals surface area contributed by atoms with Gasteiger partial charge in [-0.1, -0.05) is 39.0 Å². The Balaban J connectivity index is 2.19. The first kappa shape index (κ1) is 20.4. The number of carbonyl (C=O) groups excluding carboxylic acids is 2. The predicted octanol–water partition coefficient (Wildman–Crippen LogP) is 2.00. The van der Waals surface area contributed by atoms with Crippen LogP contribution in [0.3, 0.4) is 0 Å². The Morgan fingerprint density at radius 3 is 2.22 bits per heavy atom. The molecule has 2 amide bonds. The molecule has 0 aliphatic rings. The van der Waals surface area contributed by atoms with Crippen molar-refractivity contribution in [3.8, 4) is 0 Å². The number of sulfonamides is 1. The van der Waals surface area contributed by atoms with E-state index in [1.165, 1.54) is 18.2 Å². The van der Waals surface area contributed by atoms with Crippen molar-refractivity contribution in [2.45, 2.75) is 31.1 Å². The highest BCUT2D eigenvalue weighted by Gasteiger charge is 2.18. The monoisotopic (exact) mass is 389 g/mol. The fourth-order valence-corrected chi connectivity index (χ4v) is 3.39. The topological polar surface area (TPSA) is 118 Å². The molecule has 0 aromatic heterocycles. The molecule has 7 nitrogen and oxygen atoms in total. The third-order valence-corrected chi connectivity index (χ3v) is 5.23. The molecular weight excluding hydrogens is 366 g/mol. The minimum atomic E-state index is -3.80. The number of hydrogen-bond donors (Lipinski definition) is 3. The Morgan fingerprint density at radius 1 is 1.04 bits per heavy atom. The Morgan fingerprint density at radius 2 is 1.67 bits per heavy atom. The molecule has 4 N–H and O–H groups in total. The van der Waals surface area contributed by atoms with Crippen molar-refractivity contribution >= 4 is 27.5 Å². The van der Waals surface area contributed by atoms with Gasteiger partial charge in [0, 0.05) is 11.3 Å². The first-order valence-electron chi connectivity index (χ1n) is 8.29. The summed E-state index contributed by atoms with van der Waals surface area (Å²) >= 11 is 0. The second-order valence-corrected chi connectivity index (χ2v) is 8.79. The minimum Gasteiger partial charge on any atom is -0.368 e. The average molecular weight is 389 g/mol. The molecule has 0 unspecified atom stereocenters. The van der Waals surface area contributed by atoms with Gasteiger partial charge in [0.2, 0.25) is 5.91 Å². The van der Waals surface area contributed by atoms with Crippen LogP contribution in [-0.2, 0) is 20.2 Å². The van der Waals surface area contributed by atoms with Gasteiger partial charge in [0.25, 0.3) is 15.9 Å². The van der Waals surface area contributed by atoms with Crippen molar-refractivity contribution < 1.29 is 18.0 Å². The maximum Gasteiger partial charge on any atom is 0.261 e. The van der Waals surface area contributed by atoms with E-state index >= 15 is 0 Å². The molecule has 0 saturated carbocycles. The highest BCUT2D eigenvalue weighted by Crippen LogP contribution is 2.24. The van der Waals surface area contributed by atoms with Crippen LogP contribution >= 0.6 is 0 Å². The zero-order valence-electron chi connectivity index (χ0n) is 15.4. The lowest BCUT2D eigenvalue weighted by Crippen LogP contribution is -2.33. The van der Waals surface area contributed by atoms with Crippen LogP contribution in [0.2, 0.25) is 0 Å². The van der Waals surface area contributed by atoms with E-state index in [1.54, 1.807) is 30.3 Å². The number of rotatable bonds is 6. The highest BCUT2D eigenvalue weighted by molar-refractivity contribution is 7.92. The van der Waals surface area contributed by atoms with Gasteiger partial charge < -0.3 is 11.1 Å². The second-order valence-electron chi connectivity index (χ2n) is 7.11. The summed E-state index contributed by atoms with van der Waals surface area (Å²) in [6.07, 6.45) is 0. The zero-order chi connectivity index (χ0) is 20.2. The lowest BCUT2D eigenvalue weighted by molar-refractivity contribution is -0.117. The maximum atomic E-state index is 12.6. The molecule has 144 valence electrons. The number of anilines is 1. The number of primary amides is 1. The smallest absolute Gasteiger partial charge is 0.261 e. The number of hydrogen-bond acceptors (Lipinski definition) is 4. The normalized spacial score (nSPS) is 11.7. The third kappa shape index (κ3) is 5.55. The third-order valence-electron chi connectivity index (χ3n) is 3.83. The van der Waals surface area contributed by atoms with Crippen LogP contribution < -0.4 is 15.8 Å². The van der Waals surface area contributed by atoms with E-state index in [1.807, 2.05) is 20.8 Å². The lowest BCUT2D eigenvalue weighted by atomic mass is 9.87. The molecule has 2 aromatic carbocycles. The SMILES string of the molecule is CC(C)(C)c1ccc(S(=O)(=O)Nc2cccc(C(=O)NCC(N)=O)c2)cc1. The molecule has 0 spiro atoms. The van der Waals surface area contributed by atoms with Gasteiger partial charge in [-0.25, -0.2) is 8.42 Å². The van der Waals surface area contributed by atoms with E-state index in [0.717, 1.165) is 5.56 Å². The first-order valence-corrected chi connectivity index (χ1v) is 9.77. The van der Waals surface area contributed by atoms with Crippen molar-refractivity contribution in [2.24, 2.45) is 5.73 Å². The molecule has 0 radical (unpaired) electrons. The molecule has 0 aliphatic carbocycles. The largest absolute Gasteiger partial charge is 0.368 e. The van der Waals surface area contributed by atoms with Crippen molar-refractivity contribution in [1.29, 1.82) is 0 Å². The summed E-state index contributed by atoms with van der Waals surface area (Å²) in [6.45, 7) is 5.84. The molecule has 2 aromatic rings. The first-order chi connectivity index (χ1) is 12.5. The van der Waals surface area contributed by atoms with Crippen molar-refractivity contribution in [1.82, 2.24) is 5.32 Å². The van der Waals surface area contributed by atoms with Crippen LogP contribution in [0.1, 0.15) is 36.7 Å². The quantitative estimate of drug-likeness (QED) is 0.700. The summed E-state index contributed by atoms with van der Waals surface area (Å²) in [5, 5.41) is 2.35. The van der Waals surface area contributed by atoms with Crippen molar-refractivity contribution in [2.75, 3.05) is 11.3 Å². The Bertz CT molecular complexity index is 946. The zero-order valence-corrected chi connectivity index (χ0v) is 16.3. The summed E-state index contributed by atoms with van der Waals surface area (Å²) in [7, 11) is -3.80. The summed E-state index contributed by atoms with van der Waals surface area (Å²) in [5.74, 6) is -1.19. The summed E-state index contributed by atoms with van der Waals surface area (Å²) in [4.78, 5) is 22.8. The highest BCUT2D eigenvalue weighted by atomic mass is 32.2. The Labute approximate surface area is 159 Å². The van der Waals surface area contributed by atoms with E-state index in [0.29, 0.717) is 0 Å². The Kier molecular flexibility index (Phi) is 5.90. The van der Waals surface area contributed by atoms with E-state index in [9.17, 15) is 18.0 Å². The van der Waals surface area contributed by atoms with E-state index in [4.69, 9.17) is 5.73 Å². The molecule has 27 heavy (non-hydrogen) atoms. The van der Waals surface area contributed by atoms with Gasteiger partial charge in [-0.3, -0.25) is 14.3 Å².